The van der Waals surface area contributed by atoms with Crippen molar-refractivity contribution in [3.8, 4) is 17.2 Å². The van der Waals surface area contributed by atoms with E-state index in [1.54, 1.807) is 49.6 Å². The van der Waals surface area contributed by atoms with E-state index in [0.717, 1.165) is 0 Å². The maximum atomic E-state index is 12.6. The number of nitrogens with zero attached hydrogens (tertiary/aromatic N) is 4. The number of aryl methyl sites for hydroxylation is 1. The molecule has 12 nitrogen and oxygen atoms in total. The Morgan fingerprint density at radius 2 is 1.89 bits per heavy atom. The molecule has 0 spiro atoms. The molecule has 12 heteroatoms. The number of hydrogen-bond donors (Lipinski definition) is 4. The number of methoxy groups -OCH3 is 1. The van der Waals surface area contributed by atoms with Gasteiger partial charge in [-0.1, -0.05) is 12.1 Å². The van der Waals surface area contributed by atoms with Crippen molar-refractivity contribution in [3.63, 3.8) is 0 Å². The van der Waals surface area contributed by atoms with Gasteiger partial charge >= 0.3 is 5.69 Å². The van der Waals surface area contributed by atoms with Gasteiger partial charge in [0.1, 0.15) is 30.0 Å². The number of phenolic OH excluding ortho intramolecular Hbond substituents is 1. The van der Waals surface area contributed by atoms with Crippen molar-refractivity contribution in [1.82, 2.24) is 19.1 Å². The van der Waals surface area contributed by atoms with Crippen LogP contribution < -0.4 is 26.1 Å². The molecule has 182 valence electrons. The summed E-state index contributed by atoms with van der Waals surface area (Å²) in [6, 6.07) is 13.5. The van der Waals surface area contributed by atoms with Crippen LogP contribution in [0.2, 0.25) is 0 Å². The molecule has 4 rings (SSSR count). The van der Waals surface area contributed by atoms with E-state index in [-0.39, 0.29) is 36.0 Å². The fourth-order valence-corrected chi connectivity index (χ4v) is 3.38. The van der Waals surface area contributed by atoms with Crippen LogP contribution >= 0.6 is 0 Å². The molecule has 0 saturated carbocycles. The average Bonchev–Trinajstić information content (AvgIpc) is 3.21. The standard InChI is InChI=1S/C23H24N6O6/c1-28-20-19(21(32)26-23(28)33)29(12-15(30)13-35-17-9-7-16(34-2)8-10-17)22(25-20)27-24-11-14-5-3-4-6-18(14)31/h3-11,15,30-31H,12-13H2,1-2H3,(H,25,27)(H,26,32,33)/b24-11+. The number of aliphatic hydroxyl groups excluding tert-OH is 1. The molecule has 2 aromatic carbocycles. The molecular formula is C23H24N6O6. The number of ether oxygens (including phenoxy) is 2. The first-order valence-corrected chi connectivity index (χ1v) is 10.6. The summed E-state index contributed by atoms with van der Waals surface area (Å²) in [5.74, 6) is 1.36. The van der Waals surface area contributed by atoms with Crippen LogP contribution in [-0.4, -0.2) is 55.4 Å². The fourth-order valence-electron chi connectivity index (χ4n) is 3.38. The van der Waals surface area contributed by atoms with E-state index in [2.05, 4.69) is 20.5 Å². The van der Waals surface area contributed by atoms with E-state index in [0.29, 0.717) is 17.1 Å². The minimum Gasteiger partial charge on any atom is -0.507 e. The molecule has 2 heterocycles. The molecule has 2 aromatic heterocycles. The van der Waals surface area contributed by atoms with Crippen LogP contribution in [0.1, 0.15) is 5.56 Å². The highest BCUT2D eigenvalue weighted by Crippen LogP contribution is 2.19. The number of anilines is 1. The van der Waals surface area contributed by atoms with Crippen LogP contribution in [0.5, 0.6) is 17.2 Å². The van der Waals surface area contributed by atoms with Crippen molar-refractivity contribution in [2.45, 2.75) is 12.6 Å². The number of H-pyrrole nitrogens is 1. The third-order valence-electron chi connectivity index (χ3n) is 5.21. The number of benzene rings is 2. The first kappa shape index (κ1) is 23.6. The Bertz CT molecular complexity index is 1470. The molecule has 0 saturated heterocycles. The molecular weight excluding hydrogens is 456 g/mol. The predicted molar refractivity (Wildman–Crippen MR) is 129 cm³/mol. The van der Waals surface area contributed by atoms with Crippen molar-refractivity contribution in [3.05, 3.63) is 74.9 Å². The van der Waals surface area contributed by atoms with Gasteiger partial charge in [0.05, 0.1) is 19.9 Å². The number of hydrogen-bond acceptors (Lipinski definition) is 9. The quantitative estimate of drug-likeness (QED) is 0.204. The zero-order valence-corrected chi connectivity index (χ0v) is 19.0. The van der Waals surface area contributed by atoms with E-state index >= 15 is 0 Å². The van der Waals surface area contributed by atoms with Gasteiger partial charge in [-0.3, -0.25) is 14.3 Å². The van der Waals surface area contributed by atoms with Gasteiger partial charge in [0, 0.05) is 12.6 Å². The number of imidazole rings is 1. The Morgan fingerprint density at radius 1 is 1.17 bits per heavy atom. The van der Waals surface area contributed by atoms with Crippen LogP contribution in [0.3, 0.4) is 0 Å². The first-order valence-electron chi connectivity index (χ1n) is 10.6. The zero-order chi connectivity index (χ0) is 24.9. The van der Waals surface area contributed by atoms with Gasteiger partial charge < -0.3 is 24.3 Å². The van der Waals surface area contributed by atoms with Crippen LogP contribution in [0.25, 0.3) is 11.2 Å². The monoisotopic (exact) mass is 480 g/mol. The second-order valence-corrected chi connectivity index (χ2v) is 7.61. The Balaban J connectivity index is 1.60. The number of hydrazone groups is 1. The van der Waals surface area contributed by atoms with E-state index in [4.69, 9.17) is 9.47 Å². The number of aromatic nitrogens is 4. The predicted octanol–water partition coefficient (Wildman–Crippen LogP) is 1.02. The highest BCUT2D eigenvalue weighted by molar-refractivity contribution is 5.83. The number of para-hydroxylation sites is 1. The number of aromatic hydroxyl groups is 1. The minimum atomic E-state index is -1.03. The van der Waals surface area contributed by atoms with Crippen LogP contribution in [0, 0.1) is 0 Å². The summed E-state index contributed by atoms with van der Waals surface area (Å²) in [5.41, 5.74) is 2.09. The van der Waals surface area contributed by atoms with Crippen molar-refractivity contribution in [2.24, 2.45) is 12.1 Å². The highest BCUT2D eigenvalue weighted by Gasteiger charge is 2.20. The van der Waals surface area contributed by atoms with E-state index in [1.165, 1.54) is 28.5 Å². The second-order valence-electron chi connectivity index (χ2n) is 7.61. The first-order chi connectivity index (χ1) is 16.9. The van der Waals surface area contributed by atoms with Crippen LogP contribution in [-0.2, 0) is 13.6 Å². The lowest BCUT2D eigenvalue weighted by molar-refractivity contribution is 0.0938. The topological polar surface area (TPSA) is 156 Å². The Labute approximate surface area is 198 Å². The van der Waals surface area contributed by atoms with Crippen molar-refractivity contribution < 1.29 is 19.7 Å². The number of nitrogens with one attached hydrogen (secondary N) is 2. The summed E-state index contributed by atoms with van der Waals surface area (Å²) < 4.78 is 13.3. The van der Waals surface area contributed by atoms with E-state index in [1.807, 2.05) is 0 Å². The summed E-state index contributed by atoms with van der Waals surface area (Å²) in [7, 11) is 3.03. The molecule has 0 bridgehead atoms. The molecule has 0 amide bonds. The molecule has 0 aliphatic rings. The maximum absolute atomic E-state index is 12.6. The fraction of sp³-hybridized carbons (Fsp3) is 0.217. The number of aliphatic hydroxyl groups is 1. The van der Waals surface area contributed by atoms with Crippen LogP contribution in [0.15, 0.2) is 63.2 Å². The second kappa shape index (κ2) is 10.1. The Morgan fingerprint density at radius 3 is 2.60 bits per heavy atom. The summed E-state index contributed by atoms with van der Waals surface area (Å²) >= 11 is 0. The summed E-state index contributed by atoms with van der Waals surface area (Å²) in [4.78, 5) is 31.2. The van der Waals surface area contributed by atoms with Gasteiger partial charge in [-0.25, -0.2) is 10.2 Å². The summed E-state index contributed by atoms with van der Waals surface area (Å²) in [6.07, 6.45) is 0.347. The molecule has 0 fully saturated rings. The lowest BCUT2D eigenvalue weighted by Crippen LogP contribution is -2.30. The molecule has 35 heavy (non-hydrogen) atoms. The normalized spacial score (nSPS) is 12.2. The molecule has 4 N–H and O–H groups in total. The lowest BCUT2D eigenvalue weighted by atomic mass is 10.2. The van der Waals surface area contributed by atoms with Gasteiger partial charge in [0.15, 0.2) is 11.2 Å². The largest absolute Gasteiger partial charge is 0.507 e. The third kappa shape index (κ3) is 5.17. The van der Waals surface area contributed by atoms with E-state index in [9.17, 15) is 19.8 Å². The van der Waals surface area contributed by atoms with Gasteiger partial charge in [0.2, 0.25) is 5.95 Å². The Kier molecular flexibility index (Phi) is 6.83. The van der Waals surface area contributed by atoms with Gasteiger partial charge in [0.25, 0.3) is 5.56 Å². The number of phenols is 1. The third-order valence-corrected chi connectivity index (χ3v) is 5.21. The van der Waals surface area contributed by atoms with E-state index < -0.39 is 17.4 Å². The number of fused-ring (bicyclic) bond motifs is 1. The Hall–Kier alpha value is -4.58. The molecule has 4 aromatic rings. The zero-order valence-electron chi connectivity index (χ0n) is 19.0. The van der Waals surface area contributed by atoms with Gasteiger partial charge in [-0.2, -0.15) is 10.1 Å². The molecule has 1 atom stereocenters. The molecule has 0 radical (unpaired) electrons. The summed E-state index contributed by atoms with van der Waals surface area (Å²) in [6.45, 7) is -0.154. The van der Waals surface area contributed by atoms with Crippen molar-refractivity contribution in [2.75, 3.05) is 19.1 Å². The smallest absolute Gasteiger partial charge is 0.329 e. The molecule has 1 unspecified atom stereocenters. The molecule has 0 aliphatic heterocycles. The highest BCUT2D eigenvalue weighted by atomic mass is 16.5. The number of rotatable bonds is 9. The number of aromatic amines is 1. The van der Waals surface area contributed by atoms with Gasteiger partial charge in [-0.05, 0) is 36.4 Å². The van der Waals surface area contributed by atoms with Gasteiger partial charge in [-0.15, -0.1) is 0 Å². The van der Waals surface area contributed by atoms with Crippen LogP contribution in [0.4, 0.5) is 5.95 Å². The SMILES string of the molecule is COc1ccc(OCC(O)Cn2c(N/N=C/c3ccccc3O)nc3c2c(=O)[nH]c(=O)n3C)cc1. The average molecular weight is 480 g/mol. The van der Waals surface area contributed by atoms with Crippen molar-refractivity contribution >= 4 is 23.3 Å². The summed E-state index contributed by atoms with van der Waals surface area (Å²) in [5, 5.41) is 24.6. The minimum absolute atomic E-state index is 0.0384. The lowest BCUT2D eigenvalue weighted by Gasteiger charge is -2.15. The maximum Gasteiger partial charge on any atom is 0.329 e. The molecule has 0 aliphatic carbocycles. The van der Waals surface area contributed by atoms with Crippen molar-refractivity contribution in [1.29, 1.82) is 0 Å².